The molecule has 0 unspecified atom stereocenters. The molecule has 1 aromatic heterocycles. The van der Waals surface area contributed by atoms with Crippen molar-refractivity contribution in [2.45, 2.75) is 31.6 Å². The smallest absolute Gasteiger partial charge is 0.226 e. The van der Waals surface area contributed by atoms with E-state index in [0.29, 0.717) is 37.4 Å². The molecule has 0 bridgehead atoms. The summed E-state index contributed by atoms with van der Waals surface area (Å²) in [4.78, 5) is 23.8. The number of nitrogens with zero attached hydrogens (tertiary/aromatic N) is 3. The van der Waals surface area contributed by atoms with Crippen LogP contribution in [0.3, 0.4) is 0 Å². The molecule has 0 spiro atoms. The molecular formula is C27H32N4O4. The number of hydrogen-bond donors (Lipinski definition) is 1. The third-order valence-corrected chi connectivity index (χ3v) is 6.43. The van der Waals surface area contributed by atoms with Crippen LogP contribution in [0.25, 0.3) is 0 Å². The molecule has 8 heteroatoms. The average Bonchev–Trinajstić information content (AvgIpc) is 2.88. The predicted octanol–water partition coefficient (Wildman–Crippen LogP) is 3.62. The number of carbonyl (C=O) groups excluding carboxylic acids is 1. The van der Waals surface area contributed by atoms with Gasteiger partial charge in [0.25, 0.3) is 0 Å². The van der Waals surface area contributed by atoms with Gasteiger partial charge in [-0.15, -0.1) is 0 Å². The number of piperidine rings is 1. The zero-order valence-corrected chi connectivity index (χ0v) is 20.5. The van der Waals surface area contributed by atoms with Gasteiger partial charge in [-0.3, -0.25) is 4.79 Å². The highest BCUT2D eigenvalue weighted by molar-refractivity contribution is 5.79. The molecule has 2 aromatic carbocycles. The lowest BCUT2D eigenvalue weighted by molar-refractivity contribution is -0.131. The van der Waals surface area contributed by atoms with Crippen molar-refractivity contribution < 1.29 is 19.0 Å². The van der Waals surface area contributed by atoms with Crippen molar-refractivity contribution in [1.29, 1.82) is 0 Å². The van der Waals surface area contributed by atoms with Crippen LogP contribution >= 0.6 is 0 Å². The summed E-state index contributed by atoms with van der Waals surface area (Å²) in [7, 11) is 4.85. The number of rotatable bonds is 8. The largest absolute Gasteiger partial charge is 0.497 e. The van der Waals surface area contributed by atoms with E-state index in [1.165, 1.54) is 0 Å². The van der Waals surface area contributed by atoms with Crippen molar-refractivity contribution in [3.05, 3.63) is 71.0 Å². The lowest BCUT2D eigenvalue weighted by Crippen LogP contribution is -2.39. The lowest BCUT2D eigenvalue weighted by Gasteiger charge is -2.32. The lowest BCUT2D eigenvalue weighted by atomic mass is 9.92. The number of carbonyl (C=O) groups is 1. The first-order chi connectivity index (χ1) is 17.0. The third-order valence-electron chi connectivity index (χ3n) is 6.43. The maximum absolute atomic E-state index is 12.9. The minimum atomic E-state index is 0.109. The molecule has 184 valence electrons. The van der Waals surface area contributed by atoms with Crippen LogP contribution in [0.15, 0.2) is 48.5 Å². The molecule has 0 saturated carbocycles. The molecule has 2 N–H and O–H groups in total. The van der Waals surface area contributed by atoms with Crippen LogP contribution in [-0.2, 0) is 17.6 Å². The molecule has 4 rings (SSSR count). The van der Waals surface area contributed by atoms with Crippen LogP contribution in [0.5, 0.6) is 17.2 Å². The summed E-state index contributed by atoms with van der Waals surface area (Å²) in [5.41, 5.74) is 9.92. The molecule has 0 atom stereocenters. The number of nitrogen functional groups attached to an aromatic ring is 1. The van der Waals surface area contributed by atoms with Gasteiger partial charge in [-0.25, -0.2) is 9.97 Å². The first-order valence-corrected chi connectivity index (χ1v) is 11.7. The Balaban J connectivity index is 1.37. The number of aromatic nitrogens is 2. The topological polar surface area (TPSA) is 99.8 Å². The number of hydrogen-bond acceptors (Lipinski definition) is 7. The predicted molar refractivity (Wildman–Crippen MR) is 134 cm³/mol. The van der Waals surface area contributed by atoms with Crippen LogP contribution in [0.1, 0.15) is 41.3 Å². The number of amides is 1. The summed E-state index contributed by atoms with van der Waals surface area (Å²) in [5.74, 6) is 2.75. The Labute approximate surface area is 206 Å². The van der Waals surface area contributed by atoms with Crippen LogP contribution in [0.2, 0.25) is 0 Å². The van der Waals surface area contributed by atoms with Crippen LogP contribution in [0.4, 0.5) is 5.95 Å². The second kappa shape index (κ2) is 11.1. The summed E-state index contributed by atoms with van der Waals surface area (Å²) >= 11 is 0. The highest BCUT2D eigenvalue weighted by atomic mass is 16.5. The standard InChI is InChI=1S/C27H32N4O4/c1-33-22-7-4-18(5-8-22)14-21-17-23(30-27(28)29-21)20-10-12-31(13-11-20)26(32)16-19-6-9-24(34-2)25(15-19)35-3/h4-9,15,17,20H,10-14,16H2,1-3H3,(H2,28,29,30). The first-order valence-electron chi connectivity index (χ1n) is 11.7. The first kappa shape index (κ1) is 24.3. The Hall–Kier alpha value is -3.81. The van der Waals surface area contributed by atoms with Gasteiger partial charge in [-0.05, 0) is 54.3 Å². The monoisotopic (exact) mass is 476 g/mol. The fraction of sp³-hybridized carbons (Fsp3) is 0.370. The molecule has 2 heterocycles. The summed E-state index contributed by atoms with van der Waals surface area (Å²) in [6, 6.07) is 15.6. The Kier molecular flexibility index (Phi) is 7.70. The van der Waals surface area contributed by atoms with Gasteiger partial charge in [0.05, 0.1) is 33.4 Å². The highest BCUT2D eigenvalue weighted by Crippen LogP contribution is 2.30. The van der Waals surface area contributed by atoms with Gasteiger partial charge in [0, 0.05) is 31.1 Å². The quantitative estimate of drug-likeness (QED) is 0.530. The average molecular weight is 477 g/mol. The Morgan fingerprint density at radius 1 is 0.914 bits per heavy atom. The summed E-state index contributed by atoms with van der Waals surface area (Å²) in [6.45, 7) is 1.38. The van der Waals surface area contributed by atoms with E-state index in [2.05, 4.69) is 9.97 Å². The molecule has 1 aliphatic heterocycles. The van der Waals surface area contributed by atoms with Gasteiger partial charge in [-0.1, -0.05) is 18.2 Å². The van der Waals surface area contributed by atoms with E-state index in [4.69, 9.17) is 19.9 Å². The molecular weight excluding hydrogens is 444 g/mol. The van der Waals surface area contributed by atoms with Crippen molar-refractivity contribution in [2.75, 3.05) is 40.2 Å². The van der Waals surface area contributed by atoms with Gasteiger partial charge in [0.15, 0.2) is 11.5 Å². The van der Waals surface area contributed by atoms with Crippen molar-refractivity contribution in [1.82, 2.24) is 14.9 Å². The molecule has 1 fully saturated rings. The van der Waals surface area contributed by atoms with Gasteiger partial charge in [0.2, 0.25) is 11.9 Å². The van der Waals surface area contributed by atoms with E-state index in [0.717, 1.165) is 41.1 Å². The maximum Gasteiger partial charge on any atom is 0.226 e. The number of nitrogens with two attached hydrogens (primary N) is 1. The van der Waals surface area contributed by atoms with Crippen molar-refractivity contribution in [3.8, 4) is 17.2 Å². The minimum absolute atomic E-state index is 0.109. The van der Waals surface area contributed by atoms with E-state index in [1.54, 1.807) is 21.3 Å². The molecule has 3 aromatic rings. The normalized spacial score (nSPS) is 14.0. The van der Waals surface area contributed by atoms with Crippen molar-refractivity contribution in [2.24, 2.45) is 0 Å². The fourth-order valence-electron chi connectivity index (χ4n) is 4.49. The molecule has 0 radical (unpaired) electrons. The van der Waals surface area contributed by atoms with Gasteiger partial charge >= 0.3 is 0 Å². The minimum Gasteiger partial charge on any atom is -0.497 e. The molecule has 35 heavy (non-hydrogen) atoms. The molecule has 0 aliphatic carbocycles. The molecule has 1 amide bonds. The van der Waals surface area contributed by atoms with E-state index in [9.17, 15) is 4.79 Å². The Bertz CT molecular complexity index is 1160. The van der Waals surface area contributed by atoms with Gasteiger partial charge in [-0.2, -0.15) is 0 Å². The van der Waals surface area contributed by atoms with Crippen LogP contribution in [-0.4, -0.2) is 55.2 Å². The number of ether oxygens (including phenoxy) is 3. The Morgan fingerprint density at radius 2 is 1.60 bits per heavy atom. The van der Waals surface area contributed by atoms with E-state index in [-0.39, 0.29) is 17.8 Å². The third kappa shape index (κ3) is 6.01. The second-order valence-electron chi connectivity index (χ2n) is 8.69. The molecule has 1 aliphatic rings. The number of anilines is 1. The van der Waals surface area contributed by atoms with Crippen molar-refractivity contribution in [3.63, 3.8) is 0 Å². The zero-order chi connectivity index (χ0) is 24.8. The summed E-state index contributed by atoms with van der Waals surface area (Å²) in [6.07, 6.45) is 2.69. The fourth-order valence-corrected chi connectivity index (χ4v) is 4.49. The van der Waals surface area contributed by atoms with Gasteiger partial charge < -0.3 is 24.8 Å². The van der Waals surface area contributed by atoms with Gasteiger partial charge in [0.1, 0.15) is 5.75 Å². The summed E-state index contributed by atoms with van der Waals surface area (Å²) in [5, 5.41) is 0. The van der Waals surface area contributed by atoms with E-state index in [1.807, 2.05) is 53.4 Å². The SMILES string of the molecule is COc1ccc(Cc2cc(C3CCN(C(=O)Cc4ccc(OC)c(OC)c4)CC3)nc(N)n2)cc1. The van der Waals surface area contributed by atoms with Crippen LogP contribution in [0, 0.1) is 0 Å². The highest BCUT2D eigenvalue weighted by Gasteiger charge is 2.25. The number of methoxy groups -OCH3 is 3. The number of benzene rings is 2. The molecule has 8 nitrogen and oxygen atoms in total. The zero-order valence-electron chi connectivity index (χ0n) is 20.5. The second-order valence-corrected chi connectivity index (χ2v) is 8.69. The van der Waals surface area contributed by atoms with E-state index < -0.39 is 0 Å². The Morgan fingerprint density at radius 3 is 2.26 bits per heavy atom. The number of likely N-dealkylation sites (tertiary alicyclic amines) is 1. The van der Waals surface area contributed by atoms with Crippen LogP contribution < -0.4 is 19.9 Å². The molecule has 1 saturated heterocycles. The van der Waals surface area contributed by atoms with Crippen molar-refractivity contribution >= 4 is 11.9 Å². The van der Waals surface area contributed by atoms with E-state index >= 15 is 0 Å². The maximum atomic E-state index is 12.9. The summed E-state index contributed by atoms with van der Waals surface area (Å²) < 4.78 is 15.9.